The van der Waals surface area contributed by atoms with Gasteiger partial charge in [0.05, 0.1) is 14.2 Å². The van der Waals surface area contributed by atoms with Gasteiger partial charge in [0, 0.05) is 6.54 Å². The Bertz CT molecular complexity index is 1110. The molecule has 8 nitrogen and oxygen atoms in total. The number of methoxy groups -OCH3 is 2. The lowest BCUT2D eigenvalue weighted by Crippen LogP contribution is -2.18. The molecule has 32 heavy (non-hydrogen) atoms. The van der Waals surface area contributed by atoms with Crippen LogP contribution in [0.4, 0.5) is 5.69 Å². The maximum atomic E-state index is 12.5. The standard InChI is InChI=1S/C22H24BrN3O5S/c1-14-4-7-16(8-5-14)32(28)11-10-31-22-20(19(23)21(27)25-26-22)24-13-15-6-9-17(29-2)18(12-15)30-3/h4-9,12H,10-11,13H2,1-3H3,(H2,24,25,27). The van der Waals surface area contributed by atoms with Crippen molar-refractivity contribution in [3.05, 3.63) is 68.4 Å². The second kappa shape index (κ2) is 11.3. The Morgan fingerprint density at radius 1 is 1.12 bits per heavy atom. The molecule has 2 aromatic carbocycles. The summed E-state index contributed by atoms with van der Waals surface area (Å²) in [6, 6.07) is 13.1. The molecule has 1 unspecified atom stereocenters. The van der Waals surface area contributed by atoms with Crippen molar-refractivity contribution in [2.24, 2.45) is 0 Å². The number of aryl methyl sites for hydroxylation is 1. The molecule has 0 aliphatic carbocycles. The van der Waals surface area contributed by atoms with Gasteiger partial charge in [0.25, 0.3) is 11.4 Å². The van der Waals surface area contributed by atoms with E-state index in [1.807, 2.05) is 43.3 Å². The highest BCUT2D eigenvalue weighted by Crippen LogP contribution is 2.30. The zero-order valence-electron chi connectivity index (χ0n) is 17.9. The number of nitrogens with one attached hydrogen (secondary N) is 2. The lowest BCUT2D eigenvalue weighted by molar-refractivity contribution is 0.324. The van der Waals surface area contributed by atoms with E-state index in [4.69, 9.17) is 14.2 Å². The number of aromatic amines is 1. The molecule has 170 valence electrons. The molecule has 0 aliphatic heterocycles. The van der Waals surface area contributed by atoms with E-state index in [0.717, 1.165) is 16.0 Å². The zero-order valence-corrected chi connectivity index (χ0v) is 20.3. The van der Waals surface area contributed by atoms with Crippen LogP contribution in [-0.4, -0.2) is 41.3 Å². The first kappa shape index (κ1) is 24.0. The van der Waals surface area contributed by atoms with Crippen LogP contribution >= 0.6 is 15.9 Å². The molecule has 1 atom stereocenters. The minimum absolute atomic E-state index is 0.164. The number of hydrogen-bond donors (Lipinski definition) is 2. The summed E-state index contributed by atoms with van der Waals surface area (Å²) in [4.78, 5) is 12.8. The van der Waals surface area contributed by atoms with Gasteiger partial charge in [0.15, 0.2) is 16.4 Å². The predicted molar refractivity (Wildman–Crippen MR) is 127 cm³/mol. The van der Waals surface area contributed by atoms with Crippen LogP contribution < -0.4 is 25.1 Å². The van der Waals surface area contributed by atoms with Gasteiger partial charge in [-0.3, -0.25) is 4.79 Å². The zero-order chi connectivity index (χ0) is 23.1. The maximum Gasteiger partial charge on any atom is 0.280 e. The number of ether oxygens (including phenoxy) is 3. The average molecular weight is 522 g/mol. The average Bonchev–Trinajstić information content (AvgIpc) is 2.81. The Morgan fingerprint density at radius 3 is 2.53 bits per heavy atom. The Balaban J connectivity index is 1.68. The summed E-state index contributed by atoms with van der Waals surface area (Å²) in [5.74, 6) is 1.72. The van der Waals surface area contributed by atoms with Crippen LogP contribution in [0.2, 0.25) is 0 Å². The van der Waals surface area contributed by atoms with E-state index < -0.39 is 16.7 Å². The van der Waals surface area contributed by atoms with Gasteiger partial charge in [0.1, 0.15) is 22.5 Å². The Kier molecular flexibility index (Phi) is 8.43. The lowest BCUT2D eigenvalue weighted by atomic mass is 10.2. The van der Waals surface area contributed by atoms with Crippen molar-refractivity contribution >= 4 is 32.8 Å². The van der Waals surface area contributed by atoms with E-state index in [-0.39, 0.29) is 22.7 Å². The summed E-state index contributed by atoms with van der Waals surface area (Å²) in [6.07, 6.45) is 0. The molecular formula is C22H24BrN3O5S. The summed E-state index contributed by atoms with van der Waals surface area (Å²) in [5.41, 5.74) is 2.02. The lowest BCUT2D eigenvalue weighted by Gasteiger charge is -2.15. The van der Waals surface area contributed by atoms with Crippen LogP contribution in [0.25, 0.3) is 0 Å². The van der Waals surface area contributed by atoms with Crippen molar-refractivity contribution in [3.8, 4) is 17.4 Å². The van der Waals surface area contributed by atoms with Crippen molar-refractivity contribution in [3.63, 3.8) is 0 Å². The van der Waals surface area contributed by atoms with E-state index in [2.05, 4.69) is 31.4 Å². The van der Waals surface area contributed by atoms with Crippen molar-refractivity contribution in [2.45, 2.75) is 18.4 Å². The number of halogens is 1. The molecule has 1 heterocycles. The fraction of sp³-hybridized carbons (Fsp3) is 0.273. The Labute approximate surface area is 197 Å². The topological polar surface area (TPSA) is 109 Å². The summed E-state index contributed by atoms with van der Waals surface area (Å²) in [6.45, 7) is 2.53. The normalized spacial score (nSPS) is 11.7. The van der Waals surface area contributed by atoms with Gasteiger partial charge < -0.3 is 24.1 Å². The Morgan fingerprint density at radius 2 is 1.84 bits per heavy atom. The highest BCUT2D eigenvalue weighted by atomic mass is 79.9. The number of nitrogens with zero attached hydrogens (tertiary/aromatic N) is 1. The molecule has 0 fully saturated rings. The van der Waals surface area contributed by atoms with Crippen LogP contribution in [0.15, 0.2) is 56.6 Å². The summed E-state index contributed by atoms with van der Waals surface area (Å²) < 4.78 is 29.1. The van der Waals surface area contributed by atoms with Crippen molar-refractivity contribution in [1.29, 1.82) is 0 Å². The fourth-order valence-corrected chi connectivity index (χ4v) is 4.18. The van der Waals surface area contributed by atoms with E-state index in [1.165, 1.54) is 0 Å². The van der Waals surface area contributed by atoms with E-state index >= 15 is 0 Å². The van der Waals surface area contributed by atoms with Crippen LogP contribution in [-0.2, 0) is 17.7 Å². The highest BCUT2D eigenvalue weighted by Gasteiger charge is 2.16. The second-order valence-electron chi connectivity index (χ2n) is 6.80. The first-order valence-corrected chi connectivity index (χ1v) is 11.8. The molecule has 0 aliphatic rings. The fourth-order valence-electron chi connectivity index (χ4n) is 2.87. The number of hydrogen-bond acceptors (Lipinski definition) is 7. The van der Waals surface area contributed by atoms with Gasteiger partial charge in [-0.25, -0.2) is 5.10 Å². The van der Waals surface area contributed by atoms with E-state index in [0.29, 0.717) is 23.7 Å². The Hall–Kier alpha value is -2.69. The van der Waals surface area contributed by atoms with Gasteiger partial charge >= 0.3 is 0 Å². The molecule has 0 amide bonds. The van der Waals surface area contributed by atoms with Crippen LogP contribution in [0.1, 0.15) is 11.1 Å². The molecule has 3 aromatic rings. The van der Waals surface area contributed by atoms with Gasteiger partial charge in [0.2, 0.25) is 0 Å². The molecule has 0 saturated carbocycles. The molecule has 0 saturated heterocycles. The molecule has 0 bridgehead atoms. The van der Waals surface area contributed by atoms with Crippen molar-refractivity contribution in [2.75, 3.05) is 31.9 Å². The minimum Gasteiger partial charge on any atom is -0.611 e. The first-order chi connectivity index (χ1) is 15.4. The number of benzene rings is 2. The third-order valence-electron chi connectivity index (χ3n) is 4.60. The third-order valence-corrected chi connectivity index (χ3v) is 6.69. The molecule has 1 aromatic heterocycles. The monoisotopic (exact) mass is 521 g/mol. The van der Waals surface area contributed by atoms with Crippen LogP contribution in [0.5, 0.6) is 17.4 Å². The molecule has 0 radical (unpaired) electrons. The second-order valence-corrected chi connectivity index (χ2v) is 9.16. The van der Waals surface area contributed by atoms with Crippen molar-refractivity contribution < 1.29 is 18.8 Å². The summed E-state index contributed by atoms with van der Waals surface area (Å²) >= 11 is 2.08. The van der Waals surface area contributed by atoms with Gasteiger partial charge in [-0.1, -0.05) is 23.8 Å². The number of aromatic nitrogens is 2. The summed E-state index contributed by atoms with van der Waals surface area (Å²) in [7, 11) is 3.14. The third kappa shape index (κ3) is 5.96. The number of rotatable bonds is 10. The van der Waals surface area contributed by atoms with Gasteiger partial charge in [-0.15, -0.1) is 5.10 Å². The molecule has 3 rings (SSSR count). The smallest absolute Gasteiger partial charge is 0.280 e. The van der Waals surface area contributed by atoms with Crippen LogP contribution in [0, 0.1) is 6.92 Å². The molecular weight excluding hydrogens is 498 g/mol. The van der Waals surface area contributed by atoms with Gasteiger partial charge in [-0.05, 0) is 63.9 Å². The first-order valence-electron chi connectivity index (χ1n) is 9.73. The number of anilines is 1. The van der Waals surface area contributed by atoms with E-state index in [1.54, 1.807) is 20.3 Å². The molecule has 0 spiro atoms. The quantitative estimate of drug-likeness (QED) is 0.392. The van der Waals surface area contributed by atoms with Crippen LogP contribution in [0.3, 0.4) is 0 Å². The molecule has 10 heteroatoms. The van der Waals surface area contributed by atoms with Gasteiger partial charge in [-0.2, -0.15) is 0 Å². The predicted octanol–water partition coefficient (Wildman–Crippen LogP) is 3.66. The summed E-state index contributed by atoms with van der Waals surface area (Å²) in [5, 5.41) is 9.56. The number of H-pyrrole nitrogens is 1. The molecule has 2 N–H and O–H groups in total. The largest absolute Gasteiger partial charge is 0.611 e. The van der Waals surface area contributed by atoms with Crippen molar-refractivity contribution in [1.82, 2.24) is 10.2 Å². The highest BCUT2D eigenvalue weighted by molar-refractivity contribution is 9.10. The maximum absolute atomic E-state index is 12.5. The SMILES string of the molecule is COc1ccc(CNc2c(OCC[S+]([O-])c3ccc(C)cc3)n[nH]c(=O)c2Br)cc1OC. The van der Waals surface area contributed by atoms with E-state index in [9.17, 15) is 9.35 Å². The minimum atomic E-state index is -1.20.